The molecule has 6 nitrogen and oxygen atoms in total. The number of nitriles is 1. The van der Waals surface area contributed by atoms with Crippen molar-refractivity contribution < 1.29 is 4.79 Å². The van der Waals surface area contributed by atoms with Gasteiger partial charge in [-0.25, -0.2) is 0 Å². The minimum Gasteiger partial charge on any atom is -0.371 e. The molecule has 0 spiro atoms. The number of rotatable bonds is 9. The molecule has 1 aliphatic carbocycles. The molecule has 6 heteroatoms. The molecule has 2 N–H and O–H groups in total. The Labute approximate surface area is 186 Å². The van der Waals surface area contributed by atoms with E-state index in [0.717, 1.165) is 49.4 Å². The zero-order chi connectivity index (χ0) is 23.2. The molecule has 0 aromatic heterocycles. The van der Waals surface area contributed by atoms with Gasteiger partial charge in [-0.3, -0.25) is 10.2 Å². The minimum absolute atomic E-state index is 0.0212. The van der Waals surface area contributed by atoms with Crippen LogP contribution in [0.2, 0.25) is 0 Å². The largest absolute Gasteiger partial charge is 0.371 e. The molecule has 1 aliphatic heterocycles. The number of piperazine rings is 1. The van der Waals surface area contributed by atoms with Gasteiger partial charge in [-0.1, -0.05) is 43.9 Å². The molecule has 0 aromatic carbocycles. The number of carbonyl (C=O) groups is 1. The fraction of sp³-hybridized carbons (Fsp3) is 0.520. The molecule has 0 aromatic rings. The zero-order valence-electron chi connectivity index (χ0n) is 19.1. The van der Waals surface area contributed by atoms with E-state index in [1.165, 1.54) is 6.21 Å². The molecular formula is C25H35N5O. The number of amidine groups is 1. The first-order valence-electron chi connectivity index (χ1n) is 10.9. The highest BCUT2D eigenvalue weighted by molar-refractivity contribution is 5.96. The quantitative estimate of drug-likeness (QED) is 0.248. The number of Topliss-reactive ketones (excluding diaryl/α,β-unsaturated/α-hetero) is 1. The number of allylic oxidation sites excluding steroid dienone is 5. The Balaban J connectivity index is 1.98. The predicted octanol–water partition coefficient (Wildman–Crippen LogP) is 4.48. The molecule has 0 amide bonds. The molecule has 31 heavy (non-hydrogen) atoms. The Kier molecular flexibility index (Phi) is 7.78. The number of hydrogen-bond donors (Lipinski definition) is 2. The second-order valence-corrected chi connectivity index (χ2v) is 8.78. The van der Waals surface area contributed by atoms with Crippen molar-refractivity contribution in [2.75, 3.05) is 26.2 Å². The summed E-state index contributed by atoms with van der Waals surface area (Å²) in [5.41, 5.74) is 1.25. The van der Waals surface area contributed by atoms with Crippen LogP contribution in [0.5, 0.6) is 0 Å². The van der Waals surface area contributed by atoms with E-state index in [1.54, 1.807) is 6.08 Å². The van der Waals surface area contributed by atoms with Gasteiger partial charge < -0.3 is 15.2 Å². The lowest BCUT2D eigenvalue weighted by atomic mass is 9.68. The zero-order valence-corrected chi connectivity index (χ0v) is 19.1. The van der Waals surface area contributed by atoms with Crippen molar-refractivity contribution in [1.82, 2.24) is 9.80 Å². The summed E-state index contributed by atoms with van der Waals surface area (Å²) < 4.78 is 0. The van der Waals surface area contributed by atoms with Crippen molar-refractivity contribution in [3.05, 3.63) is 48.2 Å². The van der Waals surface area contributed by atoms with Gasteiger partial charge in [0, 0.05) is 49.9 Å². The Hall–Kier alpha value is -2.94. The van der Waals surface area contributed by atoms with Crippen LogP contribution in [0, 0.1) is 33.0 Å². The first-order valence-corrected chi connectivity index (χ1v) is 10.9. The Bertz CT molecular complexity index is 869. The first-order chi connectivity index (χ1) is 14.6. The first kappa shape index (κ1) is 24.3. The van der Waals surface area contributed by atoms with Gasteiger partial charge in [0.15, 0.2) is 5.78 Å². The van der Waals surface area contributed by atoms with E-state index in [1.807, 2.05) is 26.0 Å². The fourth-order valence-corrected chi connectivity index (χ4v) is 3.88. The molecule has 2 atom stereocenters. The maximum Gasteiger partial charge on any atom is 0.157 e. The number of carbonyl (C=O) groups excluding carboxylic acids is 1. The van der Waals surface area contributed by atoms with Crippen molar-refractivity contribution in [2.24, 2.45) is 10.8 Å². The van der Waals surface area contributed by atoms with Crippen LogP contribution in [-0.4, -0.2) is 53.8 Å². The van der Waals surface area contributed by atoms with Crippen LogP contribution < -0.4 is 0 Å². The van der Waals surface area contributed by atoms with Crippen molar-refractivity contribution in [3.8, 4) is 6.07 Å². The highest BCUT2D eigenvalue weighted by atomic mass is 16.1. The van der Waals surface area contributed by atoms with E-state index in [4.69, 9.17) is 10.8 Å². The Morgan fingerprint density at radius 2 is 1.90 bits per heavy atom. The van der Waals surface area contributed by atoms with Crippen LogP contribution in [0.1, 0.15) is 46.5 Å². The van der Waals surface area contributed by atoms with E-state index in [-0.39, 0.29) is 5.78 Å². The van der Waals surface area contributed by atoms with Crippen molar-refractivity contribution in [2.45, 2.75) is 46.5 Å². The average Bonchev–Trinajstić information content (AvgIpc) is 2.79. The molecule has 1 saturated carbocycles. The lowest BCUT2D eigenvalue weighted by Crippen LogP contribution is -2.50. The topological polar surface area (TPSA) is 95.0 Å². The Morgan fingerprint density at radius 1 is 1.29 bits per heavy atom. The maximum absolute atomic E-state index is 11.8. The van der Waals surface area contributed by atoms with Crippen molar-refractivity contribution >= 4 is 17.8 Å². The van der Waals surface area contributed by atoms with Gasteiger partial charge >= 0.3 is 0 Å². The molecule has 2 unspecified atom stereocenters. The summed E-state index contributed by atoms with van der Waals surface area (Å²) in [4.78, 5) is 16.1. The molecule has 0 radical (unpaired) electrons. The van der Waals surface area contributed by atoms with Gasteiger partial charge in [0.25, 0.3) is 0 Å². The molecule has 1 saturated heterocycles. The fourth-order valence-electron chi connectivity index (χ4n) is 3.88. The van der Waals surface area contributed by atoms with Crippen LogP contribution in [0.25, 0.3) is 0 Å². The summed E-state index contributed by atoms with van der Waals surface area (Å²) in [5.74, 6) is 0.511. The third-order valence-corrected chi connectivity index (χ3v) is 6.59. The van der Waals surface area contributed by atoms with E-state index in [0.29, 0.717) is 25.1 Å². The molecule has 2 aliphatic rings. The summed E-state index contributed by atoms with van der Waals surface area (Å²) in [6.45, 7) is 17.1. The van der Waals surface area contributed by atoms with Crippen molar-refractivity contribution in [1.29, 1.82) is 16.1 Å². The summed E-state index contributed by atoms with van der Waals surface area (Å²) in [6, 6.07) is 2.14. The molecular weight excluding hydrogens is 386 g/mol. The minimum atomic E-state index is -0.968. The summed E-state index contributed by atoms with van der Waals surface area (Å²) in [5, 5.41) is 25.8. The van der Waals surface area contributed by atoms with Gasteiger partial charge in [-0.15, -0.1) is 0 Å². The van der Waals surface area contributed by atoms with E-state index in [2.05, 4.69) is 36.0 Å². The number of nitrogens with zero attached hydrogens (tertiary/aromatic N) is 3. The monoisotopic (exact) mass is 421 g/mol. The van der Waals surface area contributed by atoms with Gasteiger partial charge in [0.1, 0.15) is 11.3 Å². The standard InChI is InChI=1S/C25H35N5O/c1-6-19(2)16-20(3)23(28)30-14-12-29(13-15-30)21(4)24(5,17-26)9-7-10-25(18-27)11-8-22(25)31/h7,10,16-17,26,28H,2,4,6,8-9,11-15H2,1,3,5H3/b10-7+,20-16-,26-17?,28-23?. The second-order valence-electron chi connectivity index (χ2n) is 8.78. The van der Waals surface area contributed by atoms with Crippen LogP contribution in [0.15, 0.2) is 48.2 Å². The van der Waals surface area contributed by atoms with E-state index >= 15 is 0 Å². The van der Waals surface area contributed by atoms with Crippen LogP contribution in [0.3, 0.4) is 0 Å². The van der Waals surface area contributed by atoms with E-state index < -0.39 is 10.8 Å². The lowest BCUT2D eigenvalue weighted by Gasteiger charge is -2.42. The van der Waals surface area contributed by atoms with E-state index in [9.17, 15) is 10.1 Å². The summed E-state index contributed by atoms with van der Waals surface area (Å²) in [6.07, 6.45) is 9.39. The molecule has 166 valence electrons. The third-order valence-electron chi connectivity index (χ3n) is 6.59. The van der Waals surface area contributed by atoms with Gasteiger partial charge in [-0.05, 0) is 38.7 Å². The van der Waals surface area contributed by atoms with Crippen LogP contribution in [-0.2, 0) is 4.79 Å². The average molecular weight is 422 g/mol. The third kappa shape index (κ3) is 5.22. The highest BCUT2D eigenvalue weighted by Crippen LogP contribution is 2.39. The normalized spacial score (nSPS) is 23.7. The SMILES string of the molecule is C=C(/C=C(/C)C(=N)N1CCN(C(=C)C(C)(C=N)C/C=C/C2(C#N)CCC2=O)CC1)CC. The van der Waals surface area contributed by atoms with Gasteiger partial charge in [-0.2, -0.15) is 5.26 Å². The number of ketones is 1. The van der Waals surface area contributed by atoms with Crippen LogP contribution >= 0.6 is 0 Å². The summed E-state index contributed by atoms with van der Waals surface area (Å²) >= 11 is 0. The predicted molar refractivity (Wildman–Crippen MR) is 126 cm³/mol. The number of hydrogen-bond acceptors (Lipinski definition) is 5. The highest BCUT2D eigenvalue weighted by Gasteiger charge is 2.44. The molecule has 1 heterocycles. The van der Waals surface area contributed by atoms with Crippen LogP contribution in [0.4, 0.5) is 0 Å². The lowest BCUT2D eigenvalue weighted by molar-refractivity contribution is -0.130. The smallest absolute Gasteiger partial charge is 0.157 e. The van der Waals surface area contributed by atoms with Gasteiger partial charge in [0.05, 0.1) is 6.07 Å². The molecule has 0 bridgehead atoms. The van der Waals surface area contributed by atoms with Gasteiger partial charge in [0.2, 0.25) is 0 Å². The number of nitrogens with one attached hydrogen (secondary N) is 2. The van der Waals surface area contributed by atoms with Crippen molar-refractivity contribution in [3.63, 3.8) is 0 Å². The molecule has 2 fully saturated rings. The Morgan fingerprint density at radius 3 is 2.35 bits per heavy atom. The maximum atomic E-state index is 11.8. The second kappa shape index (κ2) is 9.91. The molecule has 2 rings (SSSR count). The summed E-state index contributed by atoms with van der Waals surface area (Å²) in [7, 11) is 0.